The highest BCUT2D eigenvalue weighted by Gasteiger charge is 2.15. The lowest BCUT2D eigenvalue weighted by Crippen LogP contribution is -2.03. The lowest BCUT2D eigenvalue weighted by molar-refractivity contribution is 0.0603. The molecule has 0 amide bonds. The summed E-state index contributed by atoms with van der Waals surface area (Å²) in [6.45, 7) is 0.558. The number of hydrogen-bond donors (Lipinski definition) is 2. The molecule has 0 spiro atoms. The fourth-order valence-electron chi connectivity index (χ4n) is 1.77. The Kier molecular flexibility index (Phi) is 3.47. The van der Waals surface area contributed by atoms with Gasteiger partial charge in [0.15, 0.2) is 0 Å². The Morgan fingerprint density at radius 2 is 2.22 bits per heavy atom. The molecule has 2 rings (SSSR count). The number of nitrogen functional groups attached to an aromatic ring is 1. The number of fused-ring (bicyclic) bond motifs is 1. The number of carbonyl (C=O) groups excluding carboxylic acids is 1. The topological polar surface area (TPSA) is 90.2 Å². The Labute approximate surface area is 104 Å². The maximum atomic E-state index is 11.6. The molecule has 0 saturated heterocycles. The summed E-state index contributed by atoms with van der Waals surface area (Å²) in [6, 6.07) is 3.31. The number of rotatable bonds is 4. The Hall–Kier alpha value is -2.08. The van der Waals surface area contributed by atoms with Crippen molar-refractivity contribution in [3.05, 3.63) is 23.5 Å². The first kappa shape index (κ1) is 12.4. The van der Waals surface area contributed by atoms with Gasteiger partial charge in [0, 0.05) is 19.2 Å². The highest BCUT2D eigenvalue weighted by molar-refractivity contribution is 6.03. The van der Waals surface area contributed by atoms with Crippen molar-refractivity contribution in [2.75, 3.05) is 26.6 Å². The minimum absolute atomic E-state index is 0.368. The second-order valence-electron chi connectivity index (χ2n) is 3.88. The molecule has 6 heteroatoms. The van der Waals surface area contributed by atoms with Crippen molar-refractivity contribution in [1.82, 2.24) is 9.97 Å². The lowest BCUT2D eigenvalue weighted by atomic mass is 10.1. The summed E-state index contributed by atoms with van der Waals surface area (Å²) in [6.07, 6.45) is 0.645. The summed E-state index contributed by atoms with van der Waals surface area (Å²) >= 11 is 0. The van der Waals surface area contributed by atoms with Crippen LogP contribution >= 0.6 is 0 Å². The molecule has 1 aromatic carbocycles. The number of benzene rings is 1. The van der Waals surface area contributed by atoms with Crippen molar-refractivity contribution in [2.45, 2.75) is 6.42 Å². The van der Waals surface area contributed by atoms with E-state index in [1.54, 1.807) is 19.2 Å². The number of hydrogen-bond acceptors (Lipinski definition) is 5. The van der Waals surface area contributed by atoms with Crippen molar-refractivity contribution >= 4 is 22.7 Å². The minimum Gasteiger partial charge on any atom is -0.465 e. The average Bonchev–Trinajstić information content (AvgIpc) is 2.76. The molecule has 1 aromatic heterocycles. The molecule has 0 aliphatic heterocycles. The molecule has 0 bridgehead atoms. The molecule has 0 saturated carbocycles. The Bertz CT molecular complexity index is 577. The van der Waals surface area contributed by atoms with Gasteiger partial charge in [0.05, 0.1) is 24.8 Å². The van der Waals surface area contributed by atoms with E-state index in [2.05, 4.69) is 9.97 Å². The Morgan fingerprint density at radius 3 is 2.89 bits per heavy atom. The zero-order valence-electron chi connectivity index (χ0n) is 10.3. The molecule has 1 heterocycles. The molecular weight excluding hydrogens is 234 g/mol. The van der Waals surface area contributed by atoms with Gasteiger partial charge in [-0.25, -0.2) is 9.78 Å². The molecular formula is C12H15N3O3. The van der Waals surface area contributed by atoms with Crippen LogP contribution in [-0.4, -0.2) is 36.8 Å². The van der Waals surface area contributed by atoms with E-state index in [9.17, 15) is 4.79 Å². The number of carbonyl (C=O) groups is 1. The zero-order valence-corrected chi connectivity index (χ0v) is 10.3. The first-order valence-corrected chi connectivity index (χ1v) is 5.51. The molecule has 96 valence electrons. The molecule has 0 unspecified atom stereocenters. The number of nitrogens with two attached hydrogens (primary N) is 1. The van der Waals surface area contributed by atoms with Crippen LogP contribution in [0.5, 0.6) is 0 Å². The molecule has 6 nitrogen and oxygen atoms in total. The van der Waals surface area contributed by atoms with Crippen LogP contribution in [0.1, 0.15) is 16.2 Å². The zero-order chi connectivity index (χ0) is 13.1. The van der Waals surface area contributed by atoms with E-state index in [0.717, 1.165) is 11.3 Å². The molecule has 0 aliphatic rings. The monoisotopic (exact) mass is 249 g/mol. The fraction of sp³-hybridized carbons (Fsp3) is 0.333. The van der Waals surface area contributed by atoms with Crippen LogP contribution < -0.4 is 5.73 Å². The van der Waals surface area contributed by atoms with Crippen LogP contribution in [0.15, 0.2) is 12.1 Å². The summed E-state index contributed by atoms with van der Waals surface area (Å²) < 4.78 is 9.70. The highest BCUT2D eigenvalue weighted by atomic mass is 16.5. The number of H-pyrrole nitrogens is 1. The van der Waals surface area contributed by atoms with Gasteiger partial charge >= 0.3 is 5.97 Å². The van der Waals surface area contributed by atoms with Gasteiger partial charge in [-0.05, 0) is 12.1 Å². The van der Waals surface area contributed by atoms with Crippen LogP contribution in [0.3, 0.4) is 0 Å². The molecule has 3 N–H and O–H groups in total. The van der Waals surface area contributed by atoms with Gasteiger partial charge in [-0.3, -0.25) is 0 Å². The second-order valence-corrected chi connectivity index (χ2v) is 3.88. The predicted octanol–water partition coefficient (Wildman–Crippen LogP) is 1.12. The van der Waals surface area contributed by atoms with Crippen LogP contribution in [0, 0.1) is 0 Å². The van der Waals surface area contributed by atoms with Gasteiger partial charge < -0.3 is 20.2 Å². The van der Waals surface area contributed by atoms with Crippen molar-refractivity contribution in [3.63, 3.8) is 0 Å². The van der Waals surface area contributed by atoms with Crippen LogP contribution in [0.4, 0.5) is 5.69 Å². The third kappa shape index (κ3) is 2.28. The fourth-order valence-corrected chi connectivity index (χ4v) is 1.77. The van der Waals surface area contributed by atoms with E-state index in [1.807, 2.05) is 0 Å². The van der Waals surface area contributed by atoms with E-state index in [4.69, 9.17) is 15.2 Å². The quantitative estimate of drug-likeness (QED) is 0.626. The van der Waals surface area contributed by atoms with E-state index in [1.165, 1.54) is 7.11 Å². The van der Waals surface area contributed by atoms with Crippen LogP contribution in [0.25, 0.3) is 11.0 Å². The summed E-state index contributed by atoms with van der Waals surface area (Å²) in [5.74, 6) is 0.305. The molecule has 0 fully saturated rings. The third-order valence-electron chi connectivity index (χ3n) is 2.61. The lowest BCUT2D eigenvalue weighted by Gasteiger charge is -2.01. The molecule has 18 heavy (non-hydrogen) atoms. The molecule has 0 atom stereocenters. The Morgan fingerprint density at radius 1 is 1.44 bits per heavy atom. The van der Waals surface area contributed by atoms with Gasteiger partial charge in [0.25, 0.3) is 0 Å². The number of ether oxygens (including phenoxy) is 2. The molecule has 2 aromatic rings. The van der Waals surface area contributed by atoms with E-state index in [-0.39, 0.29) is 0 Å². The number of esters is 1. The van der Waals surface area contributed by atoms with Crippen LogP contribution in [0.2, 0.25) is 0 Å². The minimum atomic E-state index is -0.447. The van der Waals surface area contributed by atoms with Gasteiger partial charge in [-0.2, -0.15) is 0 Å². The second kappa shape index (κ2) is 5.05. The largest absolute Gasteiger partial charge is 0.465 e. The SMILES string of the molecule is COCCc1nc2c(C(=O)OC)cc(N)cc2[nH]1. The van der Waals surface area contributed by atoms with Gasteiger partial charge in [-0.1, -0.05) is 0 Å². The average molecular weight is 249 g/mol. The van der Waals surface area contributed by atoms with E-state index in [0.29, 0.717) is 29.8 Å². The van der Waals surface area contributed by atoms with E-state index < -0.39 is 5.97 Å². The molecule has 0 aliphatic carbocycles. The Balaban J connectivity index is 2.49. The van der Waals surface area contributed by atoms with Crippen molar-refractivity contribution in [1.29, 1.82) is 0 Å². The van der Waals surface area contributed by atoms with Crippen molar-refractivity contribution in [2.24, 2.45) is 0 Å². The van der Waals surface area contributed by atoms with Gasteiger partial charge in [0.1, 0.15) is 11.3 Å². The maximum Gasteiger partial charge on any atom is 0.340 e. The first-order valence-electron chi connectivity index (χ1n) is 5.51. The number of methoxy groups -OCH3 is 2. The van der Waals surface area contributed by atoms with Crippen molar-refractivity contribution in [3.8, 4) is 0 Å². The normalized spacial score (nSPS) is 10.8. The third-order valence-corrected chi connectivity index (χ3v) is 2.61. The first-order chi connectivity index (χ1) is 8.65. The number of anilines is 1. The number of aromatic nitrogens is 2. The summed E-state index contributed by atoms with van der Waals surface area (Å²) in [4.78, 5) is 19.1. The highest BCUT2D eigenvalue weighted by Crippen LogP contribution is 2.21. The maximum absolute atomic E-state index is 11.6. The number of nitrogens with zero attached hydrogens (tertiary/aromatic N) is 1. The number of nitrogens with one attached hydrogen (secondary N) is 1. The van der Waals surface area contributed by atoms with Crippen molar-refractivity contribution < 1.29 is 14.3 Å². The summed E-state index contributed by atoms with van der Waals surface area (Å²) in [5.41, 5.74) is 7.90. The molecule has 0 radical (unpaired) electrons. The summed E-state index contributed by atoms with van der Waals surface area (Å²) in [5, 5.41) is 0. The van der Waals surface area contributed by atoms with E-state index >= 15 is 0 Å². The van der Waals surface area contributed by atoms with Gasteiger partial charge in [-0.15, -0.1) is 0 Å². The summed E-state index contributed by atoms with van der Waals surface area (Å²) in [7, 11) is 2.95. The van der Waals surface area contributed by atoms with Gasteiger partial charge in [0.2, 0.25) is 0 Å². The number of imidazole rings is 1. The predicted molar refractivity (Wildman–Crippen MR) is 67.4 cm³/mol. The smallest absolute Gasteiger partial charge is 0.340 e. The van der Waals surface area contributed by atoms with Crippen LogP contribution in [-0.2, 0) is 15.9 Å². The number of aromatic amines is 1. The standard InChI is InChI=1S/C12H15N3O3/c1-17-4-3-10-14-9-6-7(13)5-8(11(9)15-10)12(16)18-2/h5-6H,3-4,13H2,1-2H3,(H,14,15).